The van der Waals surface area contributed by atoms with E-state index in [-0.39, 0.29) is 10.5 Å². The molecule has 2 aromatic heterocycles. The van der Waals surface area contributed by atoms with Crippen LogP contribution in [0.4, 0.5) is 5.69 Å². The second kappa shape index (κ2) is 5.93. The maximum absolute atomic E-state index is 11.0. The van der Waals surface area contributed by atoms with Crippen molar-refractivity contribution in [3.05, 3.63) is 56.5 Å². The van der Waals surface area contributed by atoms with Gasteiger partial charge in [-0.1, -0.05) is 12.1 Å². The van der Waals surface area contributed by atoms with E-state index in [0.717, 1.165) is 5.69 Å². The molecule has 0 bridgehead atoms. The van der Waals surface area contributed by atoms with Gasteiger partial charge in [0.1, 0.15) is 5.69 Å². The third-order valence-electron chi connectivity index (χ3n) is 3.03. The van der Waals surface area contributed by atoms with Gasteiger partial charge in [0, 0.05) is 11.8 Å². The van der Waals surface area contributed by atoms with Crippen molar-refractivity contribution >= 4 is 24.1 Å². The van der Waals surface area contributed by atoms with E-state index in [1.54, 1.807) is 24.3 Å². The van der Waals surface area contributed by atoms with Crippen LogP contribution in [-0.2, 0) is 0 Å². The van der Waals surface area contributed by atoms with Gasteiger partial charge in [-0.15, -0.1) is 0 Å². The summed E-state index contributed by atoms with van der Waals surface area (Å²) in [5, 5.41) is 28.9. The number of nitrogens with zero attached hydrogens (tertiary/aromatic N) is 5. The lowest BCUT2D eigenvalue weighted by atomic mass is 10.2. The van der Waals surface area contributed by atoms with Crippen LogP contribution < -0.4 is 0 Å². The fourth-order valence-electron chi connectivity index (χ4n) is 1.98. The minimum absolute atomic E-state index is 0.0385. The van der Waals surface area contributed by atoms with Crippen LogP contribution in [0.15, 0.2) is 35.4 Å². The zero-order valence-corrected chi connectivity index (χ0v) is 12.7. The van der Waals surface area contributed by atoms with E-state index in [2.05, 4.69) is 25.5 Å². The summed E-state index contributed by atoms with van der Waals surface area (Å²) in [6, 6.07) is 8.09. The zero-order chi connectivity index (χ0) is 16.4. The Balaban J connectivity index is 2.03. The topological polar surface area (TPSA) is 118 Å². The van der Waals surface area contributed by atoms with Crippen molar-refractivity contribution in [1.82, 2.24) is 25.1 Å². The summed E-state index contributed by atoms with van der Waals surface area (Å²) in [6.07, 6.45) is 1.37. The van der Waals surface area contributed by atoms with Gasteiger partial charge in [0.2, 0.25) is 10.6 Å². The van der Waals surface area contributed by atoms with Gasteiger partial charge in [0.15, 0.2) is 0 Å². The number of nitrogens with one attached hydrogen (secondary N) is 2. The van der Waals surface area contributed by atoms with Gasteiger partial charge in [0.05, 0.1) is 16.7 Å². The van der Waals surface area contributed by atoms with Crippen LogP contribution >= 0.6 is 12.2 Å². The number of aryl methyl sites for hydroxylation is 1. The Labute approximate surface area is 134 Å². The molecule has 9 nitrogen and oxygen atoms in total. The van der Waals surface area contributed by atoms with Crippen LogP contribution in [0, 0.1) is 21.8 Å². The largest absolute Gasteiger partial charge is 0.282 e. The fourth-order valence-corrected chi connectivity index (χ4v) is 2.16. The molecule has 116 valence electrons. The predicted molar refractivity (Wildman–Crippen MR) is 85.8 cm³/mol. The lowest BCUT2D eigenvalue weighted by molar-refractivity contribution is -0.385. The quantitative estimate of drug-likeness (QED) is 0.330. The number of benzene rings is 1. The molecule has 0 saturated heterocycles. The van der Waals surface area contributed by atoms with Crippen molar-refractivity contribution in [1.29, 1.82) is 0 Å². The SMILES string of the molecule is Cc1cc(-c2n[nH]c(=S)n2/N=C\c2ccccc2[N+](=O)[O-])n[nH]1. The molecular formula is C13H11N7O2S. The first-order valence-corrected chi connectivity index (χ1v) is 6.94. The van der Waals surface area contributed by atoms with Gasteiger partial charge >= 0.3 is 0 Å². The summed E-state index contributed by atoms with van der Waals surface area (Å²) in [5.41, 5.74) is 1.76. The Morgan fingerprint density at radius 3 is 2.83 bits per heavy atom. The molecule has 0 saturated carbocycles. The summed E-state index contributed by atoms with van der Waals surface area (Å²) in [6.45, 7) is 1.86. The third-order valence-corrected chi connectivity index (χ3v) is 3.30. The monoisotopic (exact) mass is 329 g/mol. The molecule has 0 amide bonds. The number of nitro benzene ring substituents is 1. The molecular weight excluding hydrogens is 318 g/mol. The molecule has 0 spiro atoms. The van der Waals surface area contributed by atoms with E-state index in [4.69, 9.17) is 12.2 Å². The summed E-state index contributed by atoms with van der Waals surface area (Å²) >= 11 is 5.14. The molecule has 1 aromatic carbocycles. The van der Waals surface area contributed by atoms with E-state index >= 15 is 0 Å². The minimum Gasteiger partial charge on any atom is -0.282 e. The molecule has 0 fully saturated rings. The van der Waals surface area contributed by atoms with Crippen molar-refractivity contribution in [3.8, 4) is 11.5 Å². The Hall–Kier alpha value is -3.14. The number of aromatic nitrogens is 5. The van der Waals surface area contributed by atoms with Crippen molar-refractivity contribution in [2.24, 2.45) is 5.10 Å². The van der Waals surface area contributed by atoms with Crippen molar-refractivity contribution in [3.63, 3.8) is 0 Å². The first-order chi connectivity index (χ1) is 11.1. The van der Waals surface area contributed by atoms with E-state index < -0.39 is 4.92 Å². The number of hydrogen-bond donors (Lipinski definition) is 2. The molecule has 2 heterocycles. The van der Waals surface area contributed by atoms with Gasteiger partial charge in [-0.3, -0.25) is 15.2 Å². The number of nitro groups is 1. The molecule has 0 aliphatic rings. The lowest BCUT2D eigenvalue weighted by Gasteiger charge is -1.98. The van der Waals surface area contributed by atoms with Crippen LogP contribution in [0.3, 0.4) is 0 Å². The maximum Gasteiger partial charge on any atom is 0.278 e. The van der Waals surface area contributed by atoms with Crippen molar-refractivity contribution in [2.75, 3.05) is 0 Å². The van der Waals surface area contributed by atoms with Gasteiger partial charge < -0.3 is 0 Å². The van der Waals surface area contributed by atoms with Crippen LogP contribution in [0.25, 0.3) is 11.5 Å². The molecule has 0 unspecified atom stereocenters. The average molecular weight is 329 g/mol. The molecule has 3 aromatic rings. The molecule has 0 aliphatic heterocycles. The third kappa shape index (κ3) is 2.92. The first-order valence-electron chi connectivity index (χ1n) is 6.54. The highest BCUT2D eigenvalue weighted by Gasteiger charge is 2.13. The fraction of sp³-hybridized carbons (Fsp3) is 0.0769. The van der Waals surface area contributed by atoms with Crippen molar-refractivity contribution < 1.29 is 4.92 Å². The lowest BCUT2D eigenvalue weighted by Crippen LogP contribution is -1.98. The van der Waals surface area contributed by atoms with Crippen LogP contribution in [-0.4, -0.2) is 36.2 Å². The van der Waals surface area contributed by atoms with E-state index in [1.165, 1.54) is 17.0 Å². The molecule has 3 rings (SSSR count). The second-order valence-corrected chi connectivity index (χ2v) is 5.05. The highest BCUT2D eigenvalue weighted by atomic mass is 32.1. The van der Waals surface area contributed by atoms with Gasteiger partial charge in [-0.2, -0.15) is 20.0 Å². The first kappa shape index (κ1) is 14.8. The molecule has 10 heteroatoms. The average Bonchev–Trinajstić information content (AvgIpc) is 3.11. The van der Waals surface area contributed by atoms with E-state index in [9.17, 15) is 10.1 Å². The van der Waals surface area contributed by atoms with E-state index in [1.807, 2.05) is 6.92 Å². The molecule has 23 heavy (non-hydrogen) atoms. The summed E-state index contributed by atoms with van der Waals surface area (Å²) in [4.78, 5) is 10.6. The van der Waals surface area contributed by atoms with Crippen LogP contribution in [0.2, 0.25) is 0 Å². The van der Waals surface area contributed by atoms with Crippen LogP contribution in [0.5, 0.6) is 0 Å². The smallest absolute Gasteiger partial charge is 0.278 e. The molecule has 0 radical (unpaired) electrons. The standard InChI is InChI=1S/C13H11N7O2S/c1-8-6-10(16-15-8)12-17-18-13(23)19(12)14-7-9-4-2-3-5-11(9)20(21)22/h2-7H,1H3,(H,15,16)(H,18,23)/b14-7-. The van der Waals surface area contributed by atoms with Gasteiger partial charge in [-0.25, -0.2) is 5.10 Å². The normalized spacial score (nSPS) is 11.2. The van der Waals surface area contributed by atoms with Crippen molar-refractivity contribution in [2.45, 2.75) is 6.92 Å². The minimum atomic E-state index is -0.464. The molecule has 0 aliphatic carbocycles. The van der Waals surface area contributed by atoms with Gasteiger partial charge in [0.25, 0.3) is 5.69 Å². The Kier molecular flexibility index (Phi) is 3.81. The van der Waals surface area contributed by atoms with E-state index in [0.29, 0.717) is 17.1 Å². The number of para-hydroxylation sites is 1. The highest BCUT2D eigenvalue weighted by Crippen LogP contribution is 2.17. The summed E-state index contributed by atoms with van der Waals surface area (Å²) < 4.78 is 1.62. The number of H-pyrrole nitrogens is 2. The molecule has 2 N–H and O–H groups in total. The number of hydrogen-bond acceptors (Lipinski definition) is 6. The van der Waals surface area contributed by atoms with Crippen LogP contribution in [0.1, 0.15) is 11.3 Å². The Morgan fingerprint density at radius 1 is 1.35 bits per heavy atom. The molecule has 0 atom stereocenters. The number of rotatable bonds is 4. The Morgan fingerprint density at radius 2 is 2.13 bits per heavy atom. The highest BCUT2D eigenvalue weighted by molar-refractivity contribution is 7.71. The van der Waals surface area contributed by atoms with Gasteiger partial charge in [-0.05, 0) is 31.3 Å². The Bertz CT molecular complexity index is 953. The predicted octanol–water partition coefficient (Wildman–Crippen LogP) is 2.43. The summed E-state index contributed by atoms with van der Waals surface area (Å²) in [7, 11) is 0. The number of aromatic amines is 2. The second-order valence-electron chi connectivity index (χ2n) is 4.66. The zero-order valence-electron chi connectivity index (χ0n) is 11.9. The summed E-state index contributed by atoms with van der Waals surface area (Å²) in [5.74, 6) is 0.411. The maximum atomic E-state index is 11.0.